The summed E-state index contributed by atoms with van der Waals surface area (Å²) < 4.78 is 1.75. The van der Waals surface area contributed by atoms with Crippen LogP contribution in [-0.4, -0.2) is 24.6 Å². The molecular weight excluding hydrogens is 436 g/mol. The molecule has 0 aliphatic rings. The molecule has 2 N–H and O–H groups in total. The predicted molar refractivity (Wildman–Crippen MR) is 136 cm³/mol. The Morgan fingerprint density at radius 1 is 0.771 bits per heavy atom. The molecule has 8 heteroatoms. The van der Waals surface area contributed by atoms with E-state index >= 15 is 0 Å². The minimum Gasteiger partial charge on any atom is -0.355 e. The molecule has 2 aromatic carbocycles. The van der Waals surface area contributed by atoms with E-state index in [4.69, 9.17) is 4.98 Å². The Hall–Kier alpha value is -5.29. The highest BCUT2D eigenvalue weighted by Crippen LogP contribution is 2.27. The molecule has 0 unspecified atom stereocenters. The van der Waals surface area contributed by atoms with Crippen molar-refractivity contribution in [2.75, 3.05) is 10.6 Å². The number of hydrogen-bond donors (Lipinski definition) is 2. The first kappa shape index (κ1) is 20.3. The normalized spacial score (nSPS) is 10.8. The smallest absolute Gasteiger partial charge is 0.182 e. The van der Waals surface area contributed by atoms with E-state index in [-0.39, 0.29) is 0 Å². The van der Waals surface area contributed by atoms with Gasteiger partial charge in [0.15, 0.2) is 11.5 Å². The minimum atomic E-state index is 0.591. The standard InChI is InChI=1S/C27H18N8/c28-17-18-1-6-24-23(15-18)25(9-13-30-24)32-22-10-14-35-26(16-22)33-27(34-35)19-2-4-20(5-3-19)31-21-7-11-29-12-8-21/h1-16H,(H,29,31)(H,30,32). The van der Waals surface area contributed by atoms with Gasteiger partial charge in [0.05, 0.1) is 17.1 Å². The van der Waals surface area contributed by atoms with Gasteiger partial charge in [0.1, 0.15) is 0 Å². The Kier molecular flexibility index (Phi) is 4.98. The molecule has 0 aliphatic heterocycles. The van der Waals surface area contributed by atoms with Crippen molar-refractivity contribution in [3.05, 3.63) is 103 Å². The van der Waals surface area contributed by atoms with Crippen molar-refractivity contribution < 1.29 is 0 Å². The highest BCUT2D eigenvalue weighted by Gasteiger charge is 2.09. The van der Waals surface area contributed by atoms with E-state index in [1.807, 2.05) is 72.9 Å². The van der Waals surface area contributed by atoms with Crippen molar-refractivity contribution in [1.82, 2.24) is 24.6 Å². The molecule has 8 nitrogen and oxygen atoms in total. The summed E-state index contributed by atoms with van der Waals surface area (Å²) in [5.74, 6) is 0.644. The number of pyridine rings is 3. The topological polar surface area (TPSA) is 104 Å². The van der Waals surface area contributed by atoms with Crippen molar-refractivity contribution in [1.29, 1.82) is 5.26 Å². The van der Waals surface area contributed by atoms with Gasteiger partial charge in [-0.05, 0) is 66.7 Å². The number of nitriles is 1. The van der Waals surface area contributed by atoms with Crippen LogP contribution in [0.25, 0.3) is 27.9 Å². The van der Waals surface area contributed by atoms with Gasteiger partial charge in [-0.1, -0.05) is 0 Å². The summed E-state index contributed by atoms with van der Waals surface area (Å²) in [5.41, 5.74) is 6.74. The van der Waals surface area contributed by atoms with Crippen LogP contribution in [0, 0.1) is 11.3 Å². The Bertz CT molecular complexity index is 1700. The molecule has 35 heavy (non-hydrogen) atoms. The first-order chi connectivity index (χ1) is 17.2. The third-order valence-corrected chi connectivity index (χ3v) is 5.60. The molecule has 0 amide bonds. The number of rotatable bonds is 5. The fraction of sp³-hybridized carbons (Fsp3) is 0. The summed E-state index contributed by atoms with van der Waals surface area (Å²) in [6.07, 6.45) is 7.12. The van der Waals surface area contributed by atoms with Crippen LogP contribution in [-0.2, 0) is 0 Å². The lowest BCUT2D eigenvalue weighted by Crippen LogP contribution is -1.95. The lowest BCUT2D eigenvalue weighted by Gasteiger charge is -2.09. The lowest BCUT2D eigenvalue weighted by atomic mass is 10.1. The minimum absolute atomic E-state index is 0.591. The summed E-state index contributed by atoms with van der Waals surface area (Å²) in [4.78, 5) is 13.1. The van der Waals surface area contributed by atoms with Crippen LogP contribution >= 0.6 is 0 Å². The van der Waals surface area contributed by atoms with Crippen LogP contribution in [0.2, 0.25) is 0 Å². The fourth-order valence-corrected chi connectivity index (χ4v) is 3.87. The number of anilines is 4. The van der Waals surface area contributed by atoms with Crippen LogP contribution in [0.4, 0.5) is 22.7 Å². The van der Waals surface area contributed by atoms with Gasteiger partial charge in [-0.25, -0.2) is 9.50 Å². The van der Waals surface area contributed by atoms with Gasteiger partial charge in [-0.15, -0.1) is 5.10 Å². The second-order valence-electron chi connectivity index (χ2n) is 7.92. The van der Waals surface area contributed by atoms with E-state index in [1.165, 1.54) is 0 Å². The number of aromatic nitrogens is 5. The SMILES string of the molecule is N#Cc1ccc2nccc(Nc3ccn4nc(-c5ccc(Nc6ccncc6)cc5)nc4c3)c2c1. The molecule has 6 rings (SSSR count). The average molecular weight is 454 g/mol. The highest BCUT2D eigenvalue weighted by molar-refractivity contribution is 5.93. The second kappa shape index (κ2) is 8.57. The van der Waals surface area contributed by atoms with Crippen molar-refractivity contribution in [2.45, 2.75) is 0 Å². The second-order valence-corrected chi connectivity index (χ2v) is 7.92. The van der Waals surface area contributed by atoms with Crippen molar-refractivity contribution in [2.24, 2.45) is 0 Å². The van der Waals surface area contributed by atoms with Crippen LogP contribution in [0.15, 0.2) is 97.6 Å². The Balaban J connectivity index is 1.26. The molecule has 0 atom stereocenters. The first-order valence-electron chi connectivity index (χ1n) is 10.9. The van der Waals surface area contributed by atoms with Gasteiger partial charge >= 0.3 is 0 Å². The zero-order chi connectivity index (χ0) is 23.6. The molecule has 4 aromatic heterocycles. The third kappa shape index (κ3) is 4.10. The molecule has 0 saturated heterocycles. The molecule has 6 aromatic rings. The molecule has 4 heterocycles. The van der Waals surface area contributed by atoms with Gasteiger partial charge in [0, 0.05) is 64.6 Å². The summed E-state index contributed by atoms with van der Waals surface area (Å²) in [6, 6.07) is 25.2. The Morgan fingerprint density at radius 3 is 2.43 bits per heavy atom. The number of nitrogens with zero attached hydrogens (tertiary/aromatic N) is 6. The van der Waals surface area contributed by atoms with Crippen LogP contribution in [0.5, 0.6) is 0 Å². The molecule has 0 fully saturated rings. The van der Waals surface area contributed by atoms with Crippen molar-refractivity contribution in [3.63, 3.8) is 0 Å². The molecule has 0 bridgehead atoms. The number of hydrogen-bond acceptors (Lipinski definition) is 7. The molecule has 0 spiro atoms. The predicted octanol–water partition coefficient (Wildman–Crippen LogP) is 5.70. The number of fused-ring (bicyclic) bond motifs is 2. The summed E-state index contributed by atoms with van der Waals surface area (Å²) >= 11 is 0. The van der Waals surface area contributed by atoms with Crippen molar-refractivity contribution >= 4 is 39.3 Å². The summed E-state index contributed by atoms with van der Waals surface area (Å²) in [6.45, 7) is 0. The molecule has 0 radical (unpaired) electrons. The van der Waals surface area contributed by atoms with Gasteiger partial charge in [-0.3, -0.25) is 9.97 Å². The molecule has 0 saturated carbocycles. The summed E-state index contributed by atoms with van der Waals surface area (Å²) in [5, 5.41) is 21.5. The zero-order valence-corrected chi connectivity index (χ0v) is 18.4. The first-order valence-corrected chi connectivity index (χ1v) is 10.9. The van der Waals surface area contributed by atoms with E-state index in [1.54, 1.807) is 29.2 Å². The van der Waals surface area contributed by atoms with E-state index in [0.29, 0.717) is 11.4 Å². The van der Waals surface area contributed by atoms with Gasteiger partial charge < -0.3 is 10.6 Å². The quantitative estimate of drug-likeness (QED) is 0.344. The third-order valence-electron chi connectivity index (χ3n) is 5.60. The van der Waals surface area contributed by atoms with E-state index in [2.05, 4.69) is 31.8 Å². The van der Waals surface area contributed by atoms with E-state index in [9.17, 15) is 5.26 Å². The summed E-state index contributed by atoms with van der Waals surface area (Å²) in [7, 11) is 0. The molecule has 166 valence electrons. The average Bonchev–Trinajstić information content (AvgIpc) is 3.33. The van der Waals surface area contributed by atoms with Gasteiger partial charge in [-0.2, -0.15) is 5.26 Å². The Labute approximate surface area is 200 Å². The molecular formula is C27H18N8. The van der Waals surface area contributed by atoms with E-state index in [0.717, 1.165) is 44.9 Å². The molecule has 0 aliphatic carbocycles. The Morgan fingerprint density at radius 2 is 1.60 bits per heavy atom. The highest BCUT2D eigenvalue weighted by atomic mass is 15.3. The van der Waals surface area contributed by atoms with Gasteiger partial charge in [0.2, 0.25) is 0 Å². The monoisotopic (exact) mass is 454 g/mol. The maximum atomic E-state index is 9.26. The lowest BCUT2D eigenvalue weighted by molar-refractivity contribution is 0.966. The number of nitrogens with one attached hydrogen (secondary N) is 2. The van der Waals surface area contributed by atoms with Crippen molar-refractivity contribution in [3.8, 4) is 17.5 Å². The fourth-order valence-electron chi connectivity index (χ4n) is 3.87. The van der Waals surface area contributed by atoms with Crippen LogP contribution < -0.4 is 10.6 Å². The van der Waals surface area contributed by atoms with E-state index < -0.39 is 0 Å². The van der Waals surface area contributed by atoms with Gasteiger partial charge in [0.25, 0.3) is 0 Å². The number of benzene rings is 2. The van der Waals surface area contributed by atoms with Crippen LogP contribution in [0.1, 0.15) is 5.56 Å². The maximum Gasteiger partial charge on any atom is 0.182 e. The zero-order valence-electron chi connectivity index (χ0n) is 18.4. The largest absolute Gasteiger partial charge is 0.355 e. The van der Waals surface area contributed by atoms with Crippen LogP contribution in [0.3, 0.4) is 0 Å². The maximum absolute atomic E-state index is 9.26.